The zero-order valence-corrected chi connectivity index (χ0v) is 18.4. The lowest BCUT2D eigenvalue weighted by molar-refractivity contribution is -0.137. The SMILES string of the molecule is O=C(CN1C(=O)N=C2C(c3ccc(F)cc3)=CN=C2C1=O)N1CCN(Cc2ccccc2)CC1. The van der Waals surface area contributed by atoms with Gasteiger partial charge < -0.3 is 4.90 Å². The lowest BCUT2D eigenvalue weighted by Gasteiger charge is -2.35. The van der Waals surface area contributed by atoms with Gasteiger partial charge in [-0.2, -0.15) is 4.99 Å². The van der Waals surface area contributed by atoms with Crippen molar-refractivity contribution in [2.45, 2.75) is 6.54 Å². The summed E-state index contributed by atoms with van der Waals surface area (Å²) in [6, 6.07) is 15.0. The molecule has 34 heavy (non-hydrogen) atoms. The molecule has 172 valence electrons. The smallest absolute Gasteiger partial charge is 0.339 e. The molecule has 1 saturated heterocycles. The summed E-state index contributed by atoms with van der Waals surface area (Å²) in [4.78, 5) is 51.4. The van der Waals surface area contributed by atoms with E-state index in [4.69, 9.17) is 0 Å². The Morgan fingerprint density at radius 1 is 0.912 bits per heavy atom. The van der Waals surface area contributed by atoms with Gasteiger partial charge in [0.05, 0.1) is 0 Å². The largest absolute Gasteiger partial charge is 0.351 e. The summed E-state index contributed by atoms with van der Waals surface area (Å²) < 4.78 is 13.2. The Balaban J connectivity index is 1.21. The highest BCUT2D eigenvalue weighted by atomic mass is 19.1. The van der Waals surface area contributed by atoms with Gasteiger partial charge in [-0.1, -0.05) is 42.5 Å². The van der Waals surface area contributed by atoms with Crippen LogP contribution in [0.1, 0.15) is 11.1 Å². The van der Waals surface area contributed by atoms with Crippen molar-refractivity contribution in [1.82, 2.24) is 14.7 Å². The second-order valence-electron chi connectivity index (χ2n) is 8.30. The zero-order chi connectivity index (χ0) is 23.7. The molecule has 0 radical (unpaired) electrons. The topological polar surface area (TPSA) is 85.6 Å². The van der Waals surface area contributed by atoms with Crippen molar-refractivity contribution >= 4 is 34.8 Å². The summed E-state index contributed by atoms with van der Waals surface area (Å²) in [5.74, 6) is -1.35. The molecular formula is C25H22FN5O3. The fourth-order valence-corrected chi connectivity index (χ4v) is 4.23. The Hall–Kier alpha value is -3.98. The van der Waals surface area contributed by atoms with E-state index < -0.39 is 17.8 Å². The van der Waals surface area contributed by atoms with Gasteiger partial charge in [0, 0.05) is 44.5 Å². The van der Waals surface area contributed by atoms with Crippen LogP contribution in [0.15, 0.2) is 70.8 Å². The first-order valence-corrected chi connectivity index (χ1v) is 11.0. The van der Waals surface area contributed by atoms with Gasteiger partial charge in [-0.25, -0.2) is 19.1 Å². The highest BCUT2D eigenvalue weighted by Crippen LogP contribution is 2.26. The van der Waals surface area contributed by atoms with E-state index in [1.165, 1.54) is 36.0 Å². The minimum absolute atomic E-state index is 0.0133. The zero-order valence-electron chi connectivity index (χ0n) is 18.4. The summed E-state index contributed by atoms with van der Waals surface area (Å²) in [6.45, 7) is 2.90. The molecule has 1 fully saturated rings. The highest BCUT2D eigenvalue weighted by molar-refractivity contribution is 6.78. The molecule has 3 aliphatic rings. The Bertz CT molecular complexity index is 1230. The Morgan fingerprint density at radius 2 is 1.62 bits per heavy atom. The van der Waals surface area contributed by atoms with Crippen LogP contribution in [0.25, 0.3) is 5.57 Å². The second kappa shape index (κ2) is 9.11. The van der Waals surface area contributed by atoms with E-state index in [-0.39, 0.29) is 23.9 Å². The van der Waals surface area contributed by atoms with Crippen molar-refractivity contribution in [3.8, 4) is 0 Å². The summed E-state index contributed by atoms with van der Waals surface area (Å²) in [6.07, 6.45) is 1.43. The quantitative estimate of drug-likeness (QED) is 0.687. The van der Waals surface area contributed by atoms with Crippen LogP contribution in [0.3, 0.4) is 0 Å². The van der Waals surface area contributed by atoms with E-state index in [2.05, 4.69) is 27.0 Å². The number of urea groups is 1. The number of nitrogens with zero attached hydrogens (tertiary/aromatic N) is 5. The first-order chi connectivity index (χ1) is 16.5. The minimum Gasteiger partial charge on any atom is -0.339 e. The number of aliphatic imine (C=N–C) groups is 2. The maximum Gasteiger partial charge on any atom is 0.351 e. The molecule has 0 unspecified atom stereocenters. The number of hydrogen-bond donors (Lipinski definition) is 0. The molecule has 2 aromatic carbocycles. The lowest BCUT2D eigenvalue weighted by Crippen LogP contribution is -2.54. The van der Waals surface area contributed by atoms with Crippen LogP contribution in [0.4, 0.5) is 9.18 Å². The van der Waals surface area contributed by atoms with E-state index >= 15 is 0 Å². The van der Waals surface area contributed by atoms with Crippen LogP contribution in [0.5, 0.6) is 0 Å². The number of hydrogen-bond acceptors (Lipinski definition) is 5. The number of piperazine rings is 1. The van der Waals surface area contributed by atoms with Crippen LogP contribution in [0, 0.1) is 5.82 Å². The van der Waals surface area contributed by atoms with Crippen molar-refractivity contribution in [3.63, 3.8) is 0 Å². The predicted molar refractivity (Wildman–Crippen MR) is 125 cm³/mol. The Kier molecular flexibility index (Phi) is 5.85. The monoisotopic (exact) mass is 459 g/mol. The fraction of sp³-hybridized carbons (Fsp3) is 0.240. The van der Waals surface area contributed by atoms with Crippen LogP contribution in [-0.2, 0) is 16.1 Å². The van der Waals surface area contributed by atoms with Gasteiger partial charge >= 0.3 is 6.03 Å². The molecule has 3 heterocycles. The molecule has 0 spiro atoms. The summed E-state index contributed by atoms with van der Waals surface area (Å²) >= 11 is 0. The lowest BCUT2D eigenvalue weighted by atomic mass is 9.99. The Morgan fingerprint density at radius 3 is 2.32 bits per heavy atom. The maximum atomic E-state index is 13.2. The van der Waals surface area contributed by atoms with Gasteiger partial charge in [0.25, 0.3) is 5.91 Å². The van der Waals surface area contributed by atoms with E-state index in [1.807, 2.05) is 18.2 Å². The first kappa shape index (κ1) is 21.8. The van der Waals surface area contributed by atoms with Crippen molar-refractivity contribution in [1.29, 1.82) is 0 Å². The normalized spacial score (nSPS) is 18.4. The number of allylic oxidation sites excluding steroid dienone is 1. The van der Waals surface area contributed by atoms with Gasteiger partial charge in [0.2, 0.25) is 5.91 Å². The van der Waals surface area contributed by atoms with Crippen LogP contribution >= 0.6 is 0 Å². The van der Waals surface area contributed by atoms with Gasteiger partial charge in [-0.3, -0.25) is 14.5 Å². The molecule has 3 aliphatic heterocycles. The first-order valence-electron chi connectivity index (χ1n) is 11.0. The fourth-order valence-electron chi connectivity index (χ4n) is 4.23. The molecule has 0 aromatic heterocycles. The molecule has 4 amide bonds. The molecule has 0 N–H and O–H groups in total. The van der Waals surface area contributed by atoms with Gasteiger partial charge in [0.1, 0.15) is 18.1 Å². The van der Waals surface area contributed by atoms with Crippen molar-refractivity contribution in [3.05, 3.63) is 77.7 Å². The minimum atomic E-state index is -0.801. The third-order valence-corrected chi connectivity index (χ3v) is 6.11. The van der Waals surface area contributed by atoms with Crippen molar-refractivity contribution in [2.75, 3.05) is 32.7 Å². The molecule has 0 saturated carbocycles. The molecule has 9 heteroatoms. The third-order valence-electron chi connectivity index (χ3n) is 6.11. The molecule has 5 rings (SSSR count). The van der Waals surface area contributed by atoms with Gasteiger partial charge in [-0.15, -0.1) is 0 Å². The molecule has 0 atom stereocenters. The third kappa shape index (κ3) is 4.29. The summed E-state index contributed by atoms with van der Waals surface area (Å²) in [7, 11) is 0. The number of fused-ring (bicyclic) bond motifs is 1. The van der Waals surface area contributed by atoms with Gasteiger partial charge in [0.15, 0.2) is 5.71 Å². The average molecular weight is 459 g/mol. The predicted octanol–water partition coefficient (Wildman–Crippen LogP) is 2.37. The van der Waals surface area contributed by atoms with E-state index in [1.54, 1.807) is 4.90 Å². The average Bonchev–Trinajstić information content (AvgIpc) is 3.27. The molecule has 2 aromatic rings. The maximum absolute atomic E-state index is 13.2. The van der Waals surface area contributed by atoms with Crippen molar-refractivity contribution in [2.24, 2.45) is 9.98 Å². The summed E-state index contributed by atoms with van der Waals surface area (Å²) in [5.41, 5.74) is 2.44. The van der Waals surface area contributed by atoms with Crippen molar-refractivity contribution < 1.29 is 18.8 Å². The van der Waals surface area contributed by atoms with E-state index in [0.717, 1.165) is 11.4 Å². The number of halogens is 1. The number of carbonyl (C=O) groups is 3. The van der Waals surface area contributed by atoms with Crippen LogP contribution in [0.2, 0.25) is 0 Å². The van der Waals surface area contributed by atoms with Gasteiger partial charge in [-0.05, 0) is 23.3 Å². The number of rotatable bonds is 5. The number of amides is 4. The van der Waals surface area contributed by atoms with E-state index in [0.29, 0.717) is 37.3 Å². The summed E-state index contributed by atoms with van der Waals surface area (Å²) in [5, 5.41) is 0. The Labute approximate surface area is 195 Å². The number of benzene rings is 2. The van der Waals surface area contributed by atoms with Crippen LogP contribution in [-0.4, -0.2) is 76.7 Å². The number of carbonyl (C=O) groups excluding carboxylic acids is 3. The molecule has 8 nitrogen and oxygen atoms in total. The second-order valence-corrected chi connectivity index (χ2v) is 8.30. The van der Waals surface area contributed by atoms with E-state index in [9.17, 15) is 18.8 Å². The van der Waals surface area contributed by atoms with Crippen LogP contribution < -0.4 is 0 Å². The highest BCUT2D eigenvalue weighted by Gasteiger charge is 2.39. The standard InChI is InChI=1S/C25H22FN5O3/c26-19-8-6-18(7-9-19)20-14-27-23-22(20)28-25(34)31(24(23)33)16-21(32)30-12-10-29(11-13-30)15-17-4-2-1-3-5-17/h1-9,14H,10-13,15-16H2. The molecular weight excluding hydrogens is 437 g/mol. The molecule has 0 aliphatic carbocycles. The number of imide groups is 1. The molecule has 0 bridgehead atoms.